The molecule has 0 radical (unpaired) electrons. The number of carbonyl (C=O) groups excluding carboxylic acids is 3. The number of halogens is 5. The van der Waals surface area contributed by atoms with Gasteiger partial charge in [0.1, 0.15) is 12.2 Å². The van der Waals surface area contributed by atoms with E-state index in [1.807, 2.05) is 0 Å². The zero-order valence-electron chi connectivity index (χ0n) is 13.6. The molecule has 2 fully saturated rings. The number of carbonyl (C=O) groups is 3. The quantitative estimate of drug-likeness (QED) is 0.581. The summed E-state index contributed by atoms with van der Waals surface area (Å²) < 4.78 is 69.2. The lowest BCUT2D eigenvalue weighted by Crippen LogP contribution is -2.35. The van der Waals surface area contributed by atoms with Crippen molar-refractivity contribution in [1.29, 1.82) is 0 Å². The second-order valence-electron chi connectivity index (χ2n) is 6.72. The largest absolute Gasteiger partial charge is 0.435 e. The number of aromatic nitrogens is 2. The Bertz CT molecular complexity index is 846. The van der Waals surface area contributed by atoms with E-state index < -0.39 is 65.2 Å². The first-order valence-electron chi connectivity index (χ1n) is 8.14. The van der Waals surface area contributed by atoms with E-state index in [1.165, 1.54) is 0 Å². The number of hydrogen-bond donors (Lipinski definition) is 0. The van der Waals surface area contributed by atoms with Gasteiger partial charge >= 0.3 is 12.1 Å². The summed E-state index contributed by atoms with van der Waals surface area (Å²) in [5.41, 5.74) is -2.96. The molecule has 0 aromatic carbocycles. The summed E-state index contributed by atoms with van der Waals surface area (Å²) >= 11 is 0. The van der Waals surface area contributed by atoms with Crippen LogP contribution in [0, 0.1) is 5.92 Å². The van der Waals surface area contributed by atoms with Crippen molar-refractivity contribution in [2.45, 2.75) is 50.2 Å². The van der Waals surface area contributed by atoms with Crippen molar-refractivity contribution in [1.82, 2.24) is 14.8 Å². The fourth-order valence-corrected chi connectivity index (χ4v) is 3.87. The van der Waals surface area contributed by atoms with Crippen LogP contribution in [-0.4, -0.2) is 32.6 Å². The highest BCUT2D eigenvalue weighted by Crippen LogP contribution is 2.63. The molecule has 2 amide bonds. The number of hydrogen-bond acceptors (Lipinski definition) is 5. The van der Waals surface area contributed by atoms with Crippen LogP contribution in [0.2, 0.25) is 0 Å². The monoisotopic (exact) mass is 393 g/mol. The molecule has 4 rings (SSSR count). The number of amides is 2. The molecule has 27 heavy (non-hydrogen) atoms. The van der Waals surface area contributed by atoms with Crippen LogP contribution < -0.4 is 0 Å². The third-order valence-corrected chi connectivity index (χ3v) is 5.16. The van der Waals surface area contributed by atoms with Gasteiger partial charge in [0.25, 0.3) is 17.7 Å². The molecule has 146 valence electrons. The molecule has 7 nitrogen and oxygen atoms in total. The highest BCUT2D eigenvalue weighted by molar-refractivity contribution is 6.01. The number of alkyl halides is 5. The Morgan fingerprint density at radius 2 is 1.81 bits per heavy atom. The Hall–Kier alpha value is -2.53. The average molecular weight is 393 g/mol. The first kappa shape index (κ1) is 17.9. The van der Waals surface area contributed by atoms with E-state index >= 15 is 0 Å². The summed E-state index contributed by atoms with van der Waals surface area (Å²) in [4.78, 5) is 39.4. The van der Waals surface area contributed by atoms with Gasteiger partial charge in [0.2, 0.25) is 0 Å². The lowest BCUT2D eigenvalue weighted by molar-refractivity contribution is -0.198. The smallest absolute Gasteiger partial charge is 0.328 e. The maximum atomic E-state index is 14.6. The molecule has 1 aromatic heterocycles. The van der Waals surface area contributed by atoms with Gasteiger partial charge in [-0.15, -0.1) is 5.06 Å². The Balaban J connectivity index is 1.66. The van der Waals surface area contributed by atoms with Crippen LogP contribution in [0.1, 0.15) is 48.6 Å². The summed E-state index contributed by atoms with van der Waals surface area (Å²) in [6.45, 7) is -1.08. The molecule has 1 aliphatic heterocycles. The molecule has 2 atom stereocenters. The molecule has 2 aliphatic carbocycles. The standard InChI is InChI=1S/C15H12F5N3O4/c16-14(17)7-2-1-6(7)11-12(15(18,19)20)21-22(13(11)14)5-10(26)27-23-8(24)3-4-9(23)25/h6-7H,1-5H2/t6-,7+/m0/s1. The van der Waals surface area contributed by atoms with E-state index in [-0.39, 0.29) is 35.4 Å². The van der Waals surface area contributed by atoms with Crippen molar-refractivity contribution < 1.29 is 41.2 Å². The maximum absolute atomic E-state index is 14.6. The van der Waals surface area contributed by atoms with Crippen molar-refractivity contribution in [2.75, 3.05) is 0 Å². The second-order valence-corrected chi connectivity index (χ2v) is 6.72. The molecular formula is C15H12F5N3O4. The van der Waals surface area contributed by atoms with Gasteiger partial charge < -0.3 is 4.84 Å². The third kappa shape index (κ3) is 2.52. The third-order valence-electron chi connectivity index (χ3n) is 5.16. The van der Waals surface area contributed by atoms with Gasteiger partial charge in [-0.2, -0.15) is 27.1 Å². The molecule has 1 saturated heterocycles. The first-order valence-corrected chi connectivity index (χ1v) is 8.14. The summed E-state index contributed by atoms with van der Waals surface area (Å²) in [5, 5.41) is 3.39. The highest BCUT2D eigenvalue weighted by Gasteiger charge is 2.63. The minimum atomic E-state index is -4.96. The fraction of sp³-hybridized carbons (Fsp3) is 0.600. The van der Waals surface area contributed by atoms with Gasteiger partial charge in [-0.3, -0.25) is 14.3 Å². The van der Waals surface area contributed by atoms with Crippen LogP contribution in [0.3, 0.4) is 0 Å². The Morgan fingerprint density at radius 3 is 2.33 bits per heavy atom. The van der Waals surface area contributed by atoms with E-state index in [9.17, 15) is 36.3 Å². The Morgan fingerprint density at radius 1 is 1.19 bits per heavy atom. The number of nitrogens with zero attached hydrogens (tertiary/aromatic N) is 3. The first-order chi connectivity index (χ1) is 12.5. The van der Waals surface area contributed by atoms with Crippen LogP contribution in [0.4, 0.5) is 22.0 Å². The molecule has 0 unspecified atom stereocenters. The maximum Gasteiger partial charge on any atom is 0.435 e. The molecule has 2 heterocycles. The van der Waals surface area contributed by atoms with Crippen LogP contribution in [0.5, 0.6) is 0 Å². The van der Waals surface area contributed by atoms with Gasteiger partial charge in [-0.25, -0.2) is 4.79 Å². The molecule has 1 saturated carbocycles. The van der Waals surface area contributed by atoms with Gasteiger partial charge in [0.15, 0.2) is 5.69 Å². The van der Waals surface area contributed by atoms with Gasteiger partial charge in [-0.1, -0.05) is 0 Å². The molecule has 1 aromatic rings. The van der Waals surface area contributed by atoms with E-state index in [2.05, 4.69) is 9.94 Å². The van der Waals surface area contributed by atoms with Crippen molar-refractivity contribution in [3.8, 4) is 0 Å². The van der Waals surface area contributed by atoms with Crippen LogP contribution in [0.25, 0.3) is 0 Å². The normalized spacial score (nSPS) is 26.0. The second kappa shape index (κ2) is 5.49. The van der Waals surface area contributed by atoms with Crippen molar-refractivity contribution >= 4 is 17.8 Å². The van der Waals surface area contributed by atoms with Crippen molar-refractivity contribution in [3.05, 3.63) is 17.0 Å². The van der Waals surface area contributed by atoms with Crippen molar-refractivity contribution in [3.63, 3.8) is 0 Å². The summed E-state index contributed by atoms with van der Waals surface area (Å²) in [6.07, 6.45) is -5.05. The van der Waals surface area contributed by atoms with E-state index in [0.29, 0.717) is 0 Å². The molecule has 3 aliphatic rings. The van der Waals surface area contributed by atoms with Crippen LogP contribution in [0.15, 0.2) is 0 Å². The number of fused-ring (bicyclic) bond motifs is 3. The molecule has 0 spiro atoms. The molecular weight excluding hydrogens is 381 g/mol. The van der Waals surface area contributed by atoms with E-state index in [1.54, 1.807) is 0 Å². The SMILES string of the molecule is O=C(Cn1nc(C(F)(F)F)c2c1C(F)(F)[C@@H]1CC[C@H]21)ON1C(=O)CCC1=O. The van der Waals surface area contributed by atoms with E-state index in [4.69, 9.17) is 0 Å². The zero-order chi connectivity index (χ0) is 19.7. The van der Waals surface area contributed by atoms with E-state index in [0.717, 1.165) is 0 Å². The predicted octanol–water partition coefficient (Wildman–Crippen LogP) is 2.11. The van der Waals surface area contributed by atoms with Crippen LogP contribution >= 0.6 is 0 Å². The summed E-state index contributed by atoms with van der Waals surface area (Å²) in [7, 11) is 0. The zero-order valence-corrected chi connectivity index (χ0v) is 13.6. The van der Waals surface area contributed by atoms with Gasteiger partial charge in [-0.05, 0) is 18.8 Å². The minimum Gasteiger partial charge on any atom is -0.328 e. The number of imide groups is 1. The summed E-state index contributed by atoms with van der Waals surface area (Å²) in [6, 6.07) is 0. The van der Waals surface area contributed by atoms with Crippen molar-refractivity contribution in [2.24, 2.45) is 5.92 Å². The molecule has 0 bridgehead atoms. The molecule has 0 N–H and O–H groups in total. The topological polar surface area (TPSA) is 81.5 Å². The number of hydroxylamine groups is 2. The minimum absolute atomic E-state index is 0.0743. The predicted molar refractivity (Wildman–Crippen MR) is 73.8 cm³/mol. The lowest BCUT2D eigenvalue weighted by atomic mass is 9.73. The van der Waals surface area contributed by atoms with Gasteiger partial charge in [0.05, 0.1) is 0 Å². The Labute approximate surface area is 148 Å². The highest BCUT2D eigenvalue weighted by atomic mass is 19.4. The van der Waals surface area contributed by atoms with Gasteiger partial charge in [0, 0.05) is 24.3 Å². The Kier molecular flexibility index (Phi) is 3.63. The summed E-state index contributed by atoms with van der Waals surface area (Å²) in [5.74, 6) is -8.70. The van der Waals surface area contributed by atoms with Crippen LogP contribution in [-0.2, 0) is 37.9 Å². The number of rotatable bonds is 3. The fourth-order valence-electron chi connectivity index (χ4n) is 3.87. The average Bonchev–Trinajstić information content (AvgIpc) is 3.05. The lowest BCUT2D eigenvalue weighted by Gasteiger charge is -2.34. The molecule has 12 heteroatoms.